The monoisotopic (exact) mass is 279 g/mol. The van der Waals surface area contributed by atoms with Gasteiger partial charge in [-0.3, -0.25) is 4.90 Å². The largest absolute Gasteiger partial charge is 0.496 e. The lowest BCUT2D eigenvalue weighted by Crippen LogP contribution is -2.24. The first-order chi connectivity index (χ1) is 9.55. The van der Waals surface area contributed by atoms with Crippen LogP contribution in [0, 0.1) is 0 Å². The average molecular weight is 279 g/mol. The Kier molecular flexibility index (Phi) is 6.39. The van der Waals surface area contributed by atoms with Gasteiger partial charge in [-0.2, -0.15) is 0 Å². The van der Waals surface area contributed by atoms with Crippen LogP contribution in [0.25, 0.3) is 0 Å². The van der Waals surface area contributed by atoms with E-state index in [1.165, 1.54) is 0 Å². The number of ether oxygens (including phenoxy) is 3. The van der Waals surface area contributed by atoms with Gasteiger partial charge in [0.25, 0.3) is 0 Å². The molecule has 0 N–H and O–H groups in total. The van der Waals surface area contributed by atoms with Crippen molar-refractivity contribution in [2.75, 3.05) is 34.4 Å². The van der Waals surface area contributed by atoms with Crippen LogP contribution in [0.15, 0.2) is 24.3 Å². The SMILES string of the molecule is C=C(C)CN(CC)Cc1cc(OC)c(OC)cc1OC. The Morgan fingerprint density at radius 2 is 1.60 bits per heavy atom. The fraction of sp³-hybridized carbons (Fsp3) is 0.500. The summed E-state index contributed by atoms with van der Waals surface area (Å²) in [6.45, 7) is 10.7. The number of likely N-dealkylation sites (N-methyl/N-ethyl adjacent to an activating group) is 1. The molecule has 4 heteroatoms. The van der Waals surface area contributed by atoms with E-state index in [0.29, 0.717) is 5.75 Å². The van der Waals surface area contributed by atoms with E-state index in [0.717, 1.165) is 42.3 Å². The third-order valence-electron chi connectivity index (χ3n) is 3.12. The van der Waals surface area contributed by atoms with Gasteiger partial charge in [0, 0.05) is 24.7 Å². The van der Waals surface area contributed by atoms with E-state index in [-0.39, 0.29) is 0 Å². The predicted molar refractivity (Wildman–Crippen MR) is 81.9 cm³/mol. The van der Waals surface area contributed by atoms with E-state index in [4.69, 9.17) is 14.2 Å². The van der Waals surface area contributed by atoms with Gasteiger partial charge in [-0.1, -0.05) is 19.1 Å². The molecular formula is C16H25NO3. The highest BCUT2D eigenvalue weighted by Gasteiger charge is 2.14. The molecule has 0 bridgehead atoms. The first-order valence-corrected chi connectivity index (χ1v) is 6.71. The highest BCUT2D eigenvalue weighted by atomic mass is 16.5. The summed E-state index contributed by atoms with van der Waals surface area (Å²) in [5.41, 5.74) is 2.22. The third-order valence-corrected chi connectivity index (χ3v) is 3.12. The van der Waals surface area contributed by atoms with Gasteiger partial charge in [0.2, 0.25) is 0 Å². The van der Waals surface area contributed by atoms with Gasteiger partial charge in [-0.25, -0.2) is 0 Å². The lowest BCUT2D eigenvalue weighted by Gasteiger charge is -2.22. The highest BCUT2D eigenvalue weighted by molar-refractivity contribution is 5.50. The van der Waals surface area contributed by atoms with Crippen LogP contribution >= 0.6 is 0 Å². The van der Waals surface area contributed by atoms with Gasteiger partial charge in [-0.15, -0.1) is 0 Å². The van der Waals surface area contributed by atoms with Crippen molar-refractivity contribution in [2.45, 2.75) is 20.4 Å². The summed E-state index contributed by atoms with van der Waals surface area (Å²) < 4.78 is 16.1. The van der Waals surface area contributed by atoms with Gasteiger partial charge < -0.3 is 14.2 Å². The van der Waals surface area contributed by atoms with Crippen molar-refractivity contribution in [1.29, 1.82) is 0 Å². The smallest absolute Gasteiger partial charge is 0.164 e. The van der Waals surface area contributed by atoms with Gasteiger partial charge in [0.05, 0.1) is 21.3 Å². The fourth-order valence-corrected chi connectivity index (χ4v) is 2.12. The molecule has 0 amide bonds. The second-order valence-corrected chi connectivity index (χ2v) is 4.78. The quantitative estimate of drug-likeness (QED) is 0.684. The molecule has 0 aliphatic carbocycles. The molecule has 0 spiro atoms. The highest BCUT2D eigenvalue weighted by Crippen LogP contribution is 2.35. The molecule has 0 unspecified atom stereocenters. The summed E-state index contributed by atoms with van der Waals surface area (Å²) >= 11 is 0. The maximum atomic E-state index is 5.45. The molecule has 1 aromatic rings. The number of methoxy groups -OCH3 is 3. The summed E-state index contributed by atoms with van der Waals surface area (Å²) in [5.74, 6) is 2.20. The molecule has 0 aliphatic heterocycles. The van der Waals surface area contributed by atoms with Crippen molar-refractivity contribution in [3.05, 3.63) is 29.8 Å². The van der Waals surface area contributed by atoms with Crippen molar-refractivity contribution in [1.82, 2.24) is 4.90 Å². The van der Waals surface area contributed by atoms with Crippen LogP contribution in [0.4, 0.5) is 0 Å². The van der Waals surface area contributed by atoms with E-state index in [1.54, 1.807) is 21.3 Å². The zero-order valence-corrected chi connectivity index (χ0v) is 13.2. The average Bonchev–Trinajstić information content (AvgIpc) is 2.45. The number of rotatable bonds is 8. The molecule has 1 rings (SSSR count). The minimum Gasteiger partial charge on any atom is -0.496 e. The Bertz CT molecular complexity index is 457. The molecule has 1 aromatic carbocycles. The molecule has 0 aromatic heterocycles. The number of hydrogen-bond donors (Lipinski definition) is 0. The van der Waals surface area contributed by atoms with Gasteiger partial charge in [-0.05, 0) is 19.5 Å². The Morgan fingerprint density at radius 1 is 1.05 bits per heavy atom. The van der Waals surface area contributed by atoms with Crippen molar-refractivity contribution in [3.63, 3.8) is 0 Å². The van der Waals surface area contributed by atoms with Crippen molar-refractivity contribution < 1.29 is 14.2 Å². The van der Waals surface area contributed by atoms with Crippen LogP contribution in [0.1, 0.15) is 19.4 Å². The second kappa shape index (κ2) is 7.80. The van der Waals surface area contributed by atoms with E-state index in [2.05, 4.69) is 18.4 Å². The topological polar surface area (TPSA) is 30.9 Å². The van der Waals surface area contributed by atoms with Crippen molar-refractivity contribution in [2.24, 2.45) is 0 Å². The maximum Gasteiger partial charge on any atom is 0.164 e. The minimum atomic E-state index is 0.677. The van der Waals surface area contributed by atoms with Crippen molar-refractivity contribution >= 4 is 0 Å². The molecule has 0 saturated carbocycles. The van der Waals surface area contributed by atoms with Crippen LogP contribution in [-0.4, -0.2) is 39.3 Å². The normalized spacial score (nSPS) is 10.5. The molecule has 0 radical (unpaired) electrons. The molecular weight excluding hydrogens is 254 g/mol. The van der Waals surface area contributed by atoms with Crippen LogP contribution in [0.3, 0.4) is 0 Å². The molecule has 4 nitrogen and oxygen atoms in total. The first kappa shape index (κ1) is 16.4. The second-order valence-electron chi connectivity index (χ2n) is 4.78. The van der Waals surface area contributed by atoms with E-state index >= 15 is 0 Å². The Hall–Kier alpha value is -1.68. The van der Waals surface area contributed by atoms with E-state index in [1.807, 2.05) is 19.1 Å². The summed E-state index contributed by atoms with van der Waals surface area (Å²) in [4.78, 5) is 2.30. The van der Waals surface area contributed by atoms with Crippen LogP contribution in [0.5, 0.6) is 17.2 Å². The van der Waals surface area contributed by atoms with E-state index in [9.17, 15) is 0 Å². The number of benzene rings is 1. The molecule has 20 heavy (non-hydrogen) atoms. The molecule has 0 heterocycles. The predicted octanol–water partition coefficient (Wildman–Crippen LogP) is 3.11. The molecule has 0 atom stereocenters. The standard InChI is InChI=1S/C16H25NO3/c1-7-17(10-12(2)3)11-13-8-15(19-5)16(20-6)9-14(13)18-4/h8-9H,2,7,10-11H2,1,3-6H3. The molecule has 0 saturated heterocycles. The van der Waals surface area contributed by atoms with Crippen LogP contribution < -0.4 is 14.2 Å². The van der Waals surface area contributed by atoms with Gasteiger partial charge in [0.1, 0.15) is 5.75 Å². The third kappa shape index (κ3) is 4.17. The van der Waals surface area contributed by atoms with E-state index < -0.39 is 0 Å². The Labute approximate surface area is 121 Å². The summed E-state index contributed by atoms with van der Waals surface area (Å²) in [5, 5.41) is 0. The summed E-state index contributed by atoms with van der Waals surface area (Å²) in [7, 11) is 4.93. The number of hydrogen-bond acceptors (Lipinski definition) is 4. The Balaban J connectivity index is 3.05. The van der Waals surface area contributed by atoms with Crippen LogP contribution in [0.2, 0.25) is 0 Å². The molecule has 112 valence electrons. The Morgan fingerprint density at radius 3 is 2.05 bits per heavy atom. The van der Waals surface area contributed by atoms with Gasteiger partial charge in [0.15, 0.2) is 11.5 Å². The maximum absolute atomic E-state index is 5.45. The minimum absolute atomic E-state index is 0.677. The number of nitrogens with zero attached hydrogens (tertiary/aromatic N) is 1. The zero-order chi connectivity index (χ0) is 15.1. The lowest BCUT2D eigenvalue weighted by molar-refractivity contribution is 0.294. The summed E-state index contributed by atoms with van der Waals surface area (Å²) in [6, 6.07) is 3.83. The zero-order valence-electron chi connectivity index (χ0n) is 13.2. The summed E-state index contributed by atoms with van der Waals surface area (Å²) in [6.07, 6.45) is 0. The van der Waals surface area contributed by atoms with Crippen molar-refractivity contribution in [3.8, 4) is 17.2 Å². The molecule has 0 aliphatic rings. The van der Waals surface area contributed by atoms with Gasteiger partial charge >= 0.3 is 0 Å². The molecule has 0 fully saturated rings. The fourth-order valence-electron chi connectivity index (χ4n) is 2.12. The van der Waals surface area contributed by atoms with Crippen LogP contribution in [-0.2, 0) is 6.54 Å². The lowest BCUT2D eigenvalue weighted by atomic mass is 10.1. The first-order valence-electron chi connectivity index (χ1n) is 6.71.